The summed E-state index contributed by atoms with van der Waals surface area (Å²) in [6.07, 6.45) is 3.59. The summed E-state index contributed by atoms with van der Waals surface area (Å²) in [5, 5.41) is 0. The largest absolute Gasteiger partial charge is 0.0984 e. The van der Waals surface area contributed by atoms with Gasteiger partial charge < -0.3 is 0 Å². The SMILES string of the molecule is C=CC(C=C)=C1C(=C)c2ccccc2C1=C.CC.CC. The first-order valence-corrected chi connectivity index (χ1v) is 7.18. The lowest BCUT2D eigenvalue weighted by Gasteiger charge is -2.04. The predicted molar refractivity (Wildman–Crippen MR) is 94.6 cm³/mol. The minimum atomic E-state index is 0.992. The molecule has 2 rings (SSSR count). The molecule has 0 aliphatic heterocycles. The summed E-state index contributed by atoms with van der Waals surface area (Å²) in [6, 6.07) is 8.17. The first-order chi connectivity index (χ1) is 9.70. The van der Waals surface area contributed by atoms with Crippen LogP contribution in [0.2, 0.25) is 0 Å². The van der Waals surface area contributed by atoms with E-state index in [0.717, 1.165) is 33.4 Å². The Morgan fingerprint density at radius 2 is 1.15 bits per heavy atom. The molecule has 0 spiro atoms. The topological polar surface area (TPSA) is 0 Å². The van der Waals surface area contributed by atoms with Crippen molar-refractivity contribution in [2.45, 2.75) is 27.7 Å². The van der Waals surface area contributed by atoms with Gasteiger partial charge in [0.05, 0.1) is 0 Å². The standard InChI is InChI=1S/C16H14.2C2H6/c1-5-13(6-2)16-11(3)14-9-7-8-10-15(14)12(16)4;2*1-2/h5-10H,1-4H2;2*1-2H3. The Labute approximate surface area is 124 Å². The van der Waals surface area contributed by atoms with Crippen LogP contribution in [0, 0.1) is 0 Å². The van der Waals surface area contributed by atoms with E-state index in [-0.39, 0.29) is 0 Å². The van der Waals surface area contributed by atoms with E-state index >= 15 is 0 Å². The Balaban J connectivity index is 0.000000829. The molecule has 0 saturated heterocycles. The second kappa shape index (κ2) is 8.92. The molecule has 0 N–H and O–H groups in total. The summed E-state index contributed by atoms with van der Waals surface area (Å²) < 4.78 is 0. The van der Waals surface area contributed by atoms with Gasteiger partial charge in [-0.3, -0.25) is 0 Å². The van der Waals surface area contributed by atoms with Gasteiger partial charge in [0, 0.05) is 0 Å². The molecule has 0 atom stereocenters. The fraction of sp³-hybridized carbons (Fsp3) is 0.200. The first kappa shape index (κ1) is 17.9. The molecule has 0 nitrogen and oxygen atoms in total. The Bertz CT molecular complexity index is 492. The zero-order valence-electron chi connectivity index (χ0n) is 13.3. The monoisotopic (exact) mass is 266 g/mol. The Morgan fingerprint density at radius 1 is 0.800 bits per heavy atom. The maximum absolute atomic E-state index is 4.13. The van der Waals surface area contributed by atoms with Crippen molar-refractivity contribution in [3.05, 3.63) is 85.0 Å². The molecule has 0 aromatic heterocycles. The van der Waals surface area contributed by atoms with Crippen LogP contribution in [0.15, 0.2) is 73.9 Å². The maximum Gasteiger partial charge on any atom is -0.00387 e. The van der Waals surface area contributed by atoms with Crippen molar-refractivity contribution in [2.75, 3.05) is 0 Å². The van der Waals surface area contributed by atoms with Crippen molar-refractivity contribution in [3.8, 4) is 0 Å². The van der Waals surface area contributed by atoms with E-state index in [4.69, 9.17) is 0 Å². The first-order valence-electron chi connectivity index (χ1n) is 7.18. The molecule has 1 aliphatic rings. The van der Waals surface area contributed by atoms with Crippen LogP contribution < -0.4 is 0 Å². The van der Waals surface area contributed by atoms with Crippen molar-refractivity contribution in [2.24, 2.45) is 0 Å². The molecule has 20 heavy (non-hydrogen) atoms. The highest BCUT2D eigenvalue weighted by Gasteiger charge is 2.24. The highest BCUT2D eigenvalue weighted by Crippen LogP contribution is 2.44. The van der Waals surface area contributed by atoms with E-state index in [2.05, 4.69) is 38.4 Å². The summed E-state index contributed by atoms with van der Waals surface area (Å²) in [5.74, 6) is 0. The van der Waals surface area contributed by atoms with Gasteiger partial charge >= 0.3 is 0 Å². The molecule has 0 radical (unpaired) electrons. The van der Waals surface area contributed by atoms with Crippen molar-refractivity contribution in [1.29, 1.82) is 0 Å². The smallest absolute Gasteiger partial charge is 0.00387 e. The molecule has 0 saturated carbocycles. The van der Waals surface area contributed by atoms with E-state index in [1.54, 1.807) is 12.2 Å². The average molecular weight is 266 g/mol. The lowest BCUT2D eigenvalue weighted by atomic mass is 9.99. The van der Waals surface area contributed by atoms with Gasteiger partial charge in [-0.25, -0.2) is 0 Å². The van der Waals surface area contributed by atoms with Crippen LogP contribution >= 0.6 is 0 Å². The Hall–Kier alpha value is -2.08. The lowest BCUT2D eigenvalue weighted by Crippen LogP contribution is -1.83. The van der Waals surface area contributed by atoms with E-state index in [1.807, 2.05) is 39.8 Å². The second-order valence-electron chi connectivity index (χ2n) is 3.74. The number of allylic oxidation sites excluding steroid dienone is 6. The molecule has 0 heterocycles. The molecule has 0 fully saturated rings. The molecule has 0 amide bonds. The number of benzene rings is 1. The van der Waals surface area contributed by atoms with Crippen LogP contribution in [0.25, 0.3) is 11.1 Å². The Kier molecular flexibility index (Phi) is 8.00. The third-order valence-electron chi connectivity index (χ3n) is 2.91. The summed E-state index contributed by atoms with van der Waals surface area (Å²) in [7, 11) is 0. The van der Waals surface area contributed by atoms with Gasteiger partial charge in [0.25, 0.3) is 0 Å². The summed E-state index contributed by atoms with van der Waals surface area (Å²) in [6.45, 7) is 23.9. The van der Waals surface area contributed by atoms with Crippen LogP contribution in [-0.2, 0) is 0 Å². The van der Waals surface area contributed by atoms with Gasteiger partial charge in [0.15, 0.2) is 0 Å². The van der Waals surface area contributed by atoms with E-state index < -0.39 is 0 Å². The van der Waals surface area contributed by atoms with Crippen molar-refractivity contribution < 1.29 is 0 Å². The zero-order valence-corrected chi connectivity index (χ0v) is 13.3. The van der Waals surface area contributed by atoms with Crippen molar-refractivity contribution in [3.63, 3.8) is 0 Å². The molecule has 1 aromatic carbocycles. The minimum absolute atomic E-state index is 0.992. The molecule has 0 bridgehead atoms. The molecule has 1 aromatic rings. The number of hydrogen-bond donors (Lipinski definition) is 0. The second-order valence-corrected chi connectivity index (χ2v) is 3.74. The van der Waals surface area contributed by atoms with E-state index in [9.17, 15) is 0 Å². The van der Waals surface area contributed by atoms with Crippen LogP contribution in [0.5, 0.6) is 0 Å². The summed E-state index contributed by atoms with van der Waals surface area (Å²) >= 11 is 0. The van der Waals surface area contributed by atoms with E-state index in [0.29, 0.717) is 0 Å². The highest BCUT2D eigenvalue weighted by atomic mass is 14.3. The maximum atomic E-state index is 4.13. The van der Waals surface area contributed by atoms with Crippen LogP contribution in [0.1, 0.15) is 38.8 Å². The van der Waals surface area contributed by atoms with Crippen LogP contribution in [0.3, 0.4) is 0 Å². The lowest BCUT2D eigenvalue weighted by molar-refractivity contribution is 1.50. The molecule has 106 valence electrons. The van der Waals surface area contributed by atoms with Gasteiger partial charge in [-0.2, -0.15) is 0 Å². The third-order valence-corrected chi connectivity index (χ3v) is 2.91. The van der Waals surface area contributed by atoms with Crippen LogP contribution in [-0.4, -0.2) is 0 Å². The highest BCUT2D eigenvalue weighted by molar-refractivity contribution is 6.07. The summed E-state index contributed by atoms with van der Waals surface area (Å²) in [5.41, 5.74) is 6.38. The Morgan fingerprint density at radius 3 is 1.45 bits per heavy atom. The van der Waals surface area contributed by atoms with Gasteiger partial charge in [-0.1, -0.05) is 90.4 Å². The minimum Gasteiger partial charge on any atom is -0.0984 e. The van der Waals surface area contributed by atoms with Gasteiger partial charge in [0.1, 0.15) is 0 Å². The van der Waals surface area contributed by atoms with Crippen molar-refractivity contribution >= 4 is 11.1 Å². The number of hydrogen-bond acceptors (Lipinski definition) is 0. The zero-order chi connectivity index (χ0) is 15.7. The van der Waals surface area contributed by atoms with Gasteiger partial charge in [-0.05, 0) is 33.4 Å². The number of fused-ring (bicyclic) bond motifs is 1. The average Bonchev–Trinajstić information content (AvgIpc) is 2.78. The molecule has 0 heteroatoms. The van der Waals surface area contributed by atoms with Crippen molar-refractivity contribution in [1.82, 2.24) is 0 Å². The predicted octanol–water partition coefficient (Wildman–Crippen LogP) is 6.45. The summed E-state index contributed by atoms with van der Waals surface area (Å²) in [4.78, 5) is 0. The quantitative estimate of drug-likeness (QED) is 0.577. The fourth-order valence-electron chi connectivity index (χ4n) is 2.10. The fourth-order valence-corrected chi connectivity index (χ4v) is 2.10. The third kappa shape index (κ3) is 3.27. The van der Waals surface area contributed by atoms with Gasteiger partial charge in [0.2, 0.25) is 0 Å². The van der Waals surface area contributed by atoms with Gasteiger partial charge in [-0.15, -0.1) is 0 Å². The molecule has 0 unspecified atom stereocenters. The number of rotatable bonds is 2. The molecule has 1 aliphatic carbocycles. The van der Waals surface area contributed by atoms with E-state index in [1.165, 1.54) is 0 Å². The molecular formula is C20H26. The normalized spacial score (nSPS) is 11.5. The molecular weight excluding hydrogens is 240 g/mol. The van der Waals surface area contributed by atoms with Crippen LogP contribution in [0.4, 0.5) is 0 Å².